The van der Waals surface area contributed by atoms with Gasteiger partial charge in [-0.05, 0) is 105 Å². The van der Waals surface area contributed by atoms with Crippen LogP contribution >= 0.6 is 0 Å². The van der Waals surface area contributed by atoms with Gasteiger partial charge in [0.2, 0.25) is 5.91 Å². The van der Waals surface area contributed by atoms with Gasteiger partial charge in [-0.1, -0.05) is 42.5 Å². The van der Waals surface area contributed by atoms with Crippen LogP contribution in [0.25, 0.3) is 27.9 Å². The average Bonchev–Trinajstić information content (AvgIpc) is 3.69. The van der Waals surface area contributed by atoms with E-state index in [2.05, 4.69) is 34.8 Å². The number of fused-ring (bicyclic) bond motifs is 1. The molecule has 1 aliphatic rings. The van der Waals surface area contributed by atoms with E-state index in [1.165, 1.54) is 0 Å². The predicted octanol–water partition coefficient (Wildman–Crippen LogP) is 6.76. The minimum absolute atomic E-state index is 0.0228. The predicted molar refractivity (Wildman–Crippen MR) is 191 cm³/mol. The maximum Gasteiger partial charge on any atom is 0.410 e. The Morgan fingerprint density at radius 3 is 2.38 bits per heavy atom. The third-order valence-electron chi connectivity index (χ3n) is 8.72. The van der Waals surface area contributed by atoms with Gasteiger partial charge in [0.1, 0.15) is 11.9 Å². The lowest BCUT2D eigenvalue weighted by molar-refractivity contribution is -0.119. The van der Waals surface area contributed by atoms with Gasteiger partial charge in [0.15, 0.2) is 11.5 Å². The number of ether oxygens (including phenoxy) is 1. The molecular formula is C39H40N6O5. The molecule has 11 nitrogen and oxygen atoms in total. The molecule has 1 fully saturated rings. The maximum atomic E-state index is 13.2. The minimum Gasteiger partial charge on any atom is -0.444 e. The highest BCUT2D eigenvalue weighted by Gasteiger charge is 2.29. The van der Waals surface area contributed by atoms with Crippen molar-refractivity contribution in [1.29, 1.82) is 0 Å². The van der Waals surface area contributed by atoms with Crippen molar-refractivity contribution in [3.05, 3.63) is 107 Å². The molecule has 6 rings (SSSR count). The molecule has 1 aliphatic heterocycles. The van der Waals surface area contributed by atoms with Crippen LogP contribution in [0.1, 0.15) is 71.3 Å². The molecule has 3 amide bonds. The van der Waals surface area contributed by atoms with Crippen LogP contribution in [0.3, 0.4) is 0 Å². The van der Waals surface area contributed by atoms with Gasteiger partial charge >= 0.3 is 6.09 Å². The molecule has 2 N–H and O–H groups in total. The molecule has 2 aromatic heterocycles. The molecule has 50 heavy (non-hydrogen) atoms. The summed E-state index contributed by atoms with van der Waals surface area (Å²) in [6.07, 6.45) is 3.19. The van der Waals surface area contributed by atoms with E-state index in [4.69, 9.17) is 9.72 Å². The quantitative estimate of drug-likeness (QED) is 0.165. The molecule has 0 bridgehead atoms. The fourth-order valence-corrected chi connectivity index (χ4v) is 6.15. The van der Waals surface area contributed by atoms with Gasteiger partial charge in [-0.15, -0.1) is 5.10 Å². The van der Waals surface area contributed by atoms with Gasteiger partial charge in [-0.2, -0.15) is 0 Å². The summed E-state index contributed by atoms with van der Waals surface area (Å²) in [7, 11) is 0. The number of aldehydes is 1. The Morgan fingerprint density at radius 2 is 1.70 bits per heavy atom. The molecule has 5 aromatic rings. The van der Waals surface area contributed by atoms with E-state index in [0.717, 1.165) is 39.7 Å². The Morgan fingerprint density at radius 1 is 1.00 bits per heavy atom. The van der Waals surface area contributed by atoms with Gasteiger partial charge in [-0.3, -0.25) is 19.3 Å². The molecule has 0 saturated carbocycles. The molecule has 256 valence electrons. The molecule has 0 aliphatic carbocycles. The second kappa shape index (κ2) is 13.9. The Balaban J connectivity index is 1.25. The summed E-state index contributed by atoms with van der Waals surface area (Å²) in [6, 6.07) is 22.3. The first-order valence-electron chi connectivity index (χ1n) is 16.6. The fourth-order valence-electron chi connectivity index (χ4n) is 6.15. The topological polar surface area (TPSA) is 135 Å². The highest BCUT2D eigenvalue weighted by Crippen LogP contribution is 2.36. The zero-order valence-corrected chi connectivity index (χ0v) is 28.8. The molecule has 3 aromatic carbocycles. The number of amides is 3. The highest BCUT2D eigenvalue weighted by molar-refractivity contribution is 6.05. The van der Waals surface area contributed by atoms with Gasteiger partial charge in [0, 0.05) is 42.0 Å². The largest absolute Gasteiger partial charge is 0.444 e. The van der Waals surface area contributed by atoms with E-state index < -0.39 is 11.7 Å². The van der Waals surface area contributed by atoms with Crippen LogP contribution in [0.2, 0.25) is 0 Å². The Bertz CT molecular complexity index is 2100. The zero-order valence-electron chi connectivity index (χ0n) is 28.8. The number of anilines is 1. The van der Waals surface area contributed by atoms with Crippen LogP contribution in [-0.2, 0) is 16.1 Å². The van der Waals surface area contributed by atoms with Crippen molar-refractivity contribution in [3.63, 3.8) is 0 Å². The van der Waals surface area contributed by atoms with Crippen molar-refractivity contribution in [2.45, 2.75) is 65.6 Å². The SMILES string of the molecule is Cc1c(NC(=O)c2ccc(C=O)cc2)cccc1-c1cccc(-c2ccn3nc(CN(C[C@@H]4CCC(=O)N4)C(=O)OC(C)(C)C)nc3c2)c1C. The Labute approximate surface area is 290 Å². The standard InChI is InChI=1S/C39H40N6O5/c1-24-30(8-6-9-31(24)32-10-7-11-33(25(32)2)41-37(48)27-14-12-26(23-46)13-15-27)28-18-19-45-35(20-28)42-34(43-45)22-44(38(49)50-39(3,4)5)21-29-16-17-36(47)40-29/h6-15,18-20,23,29H,16-17,21-22H2,1-5H3,(H,40,47)(H,41,48)/t29-/m0/s1. The summed E-state index contributed by atoms with van der Waals surface area (Å²) < 4.78 is 7.35. The number of aromatic nitrogens is 3. The van der Waals surface area contributed by atoms with Crippen LogP contribution < -0.4 is 10.6 Å². The summed E-state index contributed by atoms with van der Waals surface area (Å²) in [6.45, 7) is 9.93. The van der Waals surface area contributed by atoms with E-state index >= 15 is 0 Å². The number of hydrogen-bond donors (Lipinski definition) is 2. The molecule has 0 spiro atoms. The number of hydrogen-bond acceptors (Lipinski definition) is 7. The Kier molecular flexibility index (Phi) is 9.50. The summed E-state index contributed by atoms with van der Waals surface area (Å²) in [4.78, 5) is 55.3. The third kappa shape index (κ3) is 7.57. The van der Waals surface area contributed by atoms with E-state index in [0.29, 0.717) is 47.7 Å². The van der Waals surface area contributed by atoms with Crippen LogP contribution in [0.15, 0.2) is 79.0 Å². The van der Waals surface area contributed by atoms with Crippen molar-refractivity contribution in [1.82, 2.24) is 24.8 Å². The van der Waals surface area contributed by atoms with Crippen LogP contribution in [0, 0.1) is 13.8 Å². The summed E-state index contributed by atoms with van der Waals surface area (Å²) in [5.41, 5.74) is 7.60. The molecule has 0 radical (unpaired) electrons. The number of carbonyl (C=O) groups is 4. The monoisotopic (exact) mass is 672 g/mol. The zero-order chi connectivity index (χ0) is 35.6. The smallest absolute Gasteiger partial charge is 0.410 e. The number of nitrogens with one attached hydrogen (secondary N) is 2. The Hall–Kier alpha value is -5.84. The van der Waals surface area contributed by atoms with Crippen molar-refractivity contribution in [3.8, 4) is 22.3 Å². The number of carbonyl (C=O) groups excluding carboxylic acids is 4. The molecule has 11 heteroatoms. The molecular weight excluding hydrogens is 632 g/mol. The molecule has 1 saturated heterocycles. The van der Waals surface area contributed by atoms with Gasteiger partial charge in [0.05, 0.1) is 6.54 Å². The van der Waals surface area contributed by atoms with E-state index in [-0.39, 0.29) is 24.4 Å². The first-order chi connectivity index (χ1) is 23.9. The number of benzene rings is 3. The fraction of sp³-hybridized carbons (Fsp3) is 0.282. The summed E-state index contributed by atoms with van der Waals surface area (Å²) in [5.74, 6) is 0.177. The van der Waals surface area contributed by atoms with E-state index in [1.54, 1.807) is 33.7 Å². The lowest BCUT2D eigenvalue weighted by Gasteiger charge is -2.28. The lowest BCUT2D eigenvalue weighted by atomic mass is 9.90. The second-order valence-corrected chi connectivity index (χ2v) is 13.6. The van der Waals surface area contributed by atoms with Crippen molar-refractivity contribution in [2.24, 2.45) is 0 Å². The van der Waals surface area contributed by atoms with Crippen molar-refractivity contribution < 1.29 is 23.9 Å². The first-order valence-corrected chi connectivity index (χ1v) is 16.6. The van der Waals surface area contributed by atoms with E-state index in [9.17, 15) is 19.2 Å². The van der Waals surface area contributed by atoms with Gasteiger partial charge in [-0.25, -0.2) is 14.3 Å². The molecule has 1 atom stereocenters. The van der Waals surface area contributed by atoms with E-state index in [1.807, 2.05) is 70.3 Å². The first kappa shape index (κ1) is 34.0. The third-order valence-corrected chi connectivity index (χ3v) is 8.72. The lowest BCUT2D eigenvalue weighted by Crippen LogP contribution is -2.44. The van der Waals surface area contributed by atoms with Gasteiger partial charge in [0.25, 0.3) is 5.91 Å². The average molecular weight is 673 g/mol. The van der Waals surface area contributed by atoms with Crippen LogP contribution in [-0.4, -0.2) is 61.9 Å². The van der Waals surface area contributed by atoms with Gasteiger partial charge < -0.3 is 15.4 Å². The second-order valence-electron chi connectivity index (χ2n) is 13.6. The molecule has 0 unspecified atom stereocenters. The van der Waals surface area contributed by atoms with Crippen LogP contribution in [0.4, 0.5) is 10.5 Å². The van der Waals surface area contributed by atoms with Crippen molar-refractivity contribution >= 4 is 35.5 Å². The van der Waals surface area contributed by atoms with Crippen molar-refractivity contribution in [2.75, 3.05) is 11.9 Å². The summed E-state index contributed by atoms with van der Waals surface area (Å²) in [5, 5.41) is 10.6. The minimum atomic E-state index is -0.680. The number of rotatable bonds is 9. The normalized spacial score (nSPS) is 14.3. The summed E-state index contributed by atoms with van der Waals surface area (Å²) >= 11 is 0. The maximum absolute atomic E-state index is 13.2. The number of pyridine rings is 1. The number of nitrogens with zero attached hydrogens (tertiary/aromatic N) is 4. The molecule has 3 heterocycles. The van der Waals surface area contributed by atoms with Crippen LogP contribution in [0.5, 0.6) is 0 Å². The highest BCUT2D eigenvalue weighted by atomic mass is 16.6.